The molecule has 1 aromatic rings. The van der Waals surface area contributed by atoms with Gasteiger partial charge in [0.05, 0.1) is 12.2 Å². The molecule has 0 aliphatic carbocycles. The topological polar surface area (TPSA) is 75.1 Å². The first-order valence-electron chi connectivity index (χ1n) is 3.94. The van der Waals surface area contributed by atoms with E-state index >= 15 is 0 Å². The molecule has 0 spiro atoms. The molecule has 0 atom stereocenters. The first kappa shape index (κ1) is 14.7. The van der Waals surface area contributed by atoms with Crippen LogP contribution in [0.2, 0.25) is 0 Å². The Kier molecular flexibility index (Phi) is 6.91. The average molecular weight is 236 g/mol. The van der Waals surface area contributed by atoms with Crippen molar-refractivity contribution in [2.45, 2.75) is 12.1 Å². The molecule has 0 saturated heterocycles. The molecule has 0 amide bonds. The molecule has 0 bridgehead atoms. The standard InChI is InChI=1S/C8H10N2O3S.Na/c1-3-13-7(12)5-4-9-8(14-2)10-6(5)11;/h4H,3H2,1-2H3,(H,9,10,11);/q;+1/p-1. The molecule has 1 heterocycles. The Labute approximate surface area is 114 Å². The Bertz CT molecular complexity index is 349. The monoisotopic (exact) mass is 236 g/mol. The molecule has 76 valence electrons. The molecule has 0 saturated carbocycles. The van der Waals surface area contributed by atoms with E-state index in [1.165, 1.54) is 18.0 Å². The van der Waals surface area contributed by atoms with E-state index in [4.69, 9.17) is 0 Å². The van der Waals surface area contributed by atoms with E-state index in [-0.39, 0.29) is 41.7 Å². The van der Waals surface area contributed by atoms with Gasteiger partial charge >= 0.3 is 35.5 Å². The van der Waals surface area contributed by atoms with Crippen LogP contribution in [0.5, 0.6) is 5.88 Å². The fourth-order valence-electron chi connectivity index (χ4n) is 0.798. The van der Waals surface area contributed by atoms with E-state index in [9.17, 15) is 9.90 Å². The summed E-state index contributed by atoms with van der Waals surface area (Å²) < 4.78 is 4.66. The summed E-state index contributed by atoms with van der Waals surface area (Å²) in [4.78, 5) is 18.6. The first-order chi connectivity index (χ1) is 6.69. The van der Waals surface area contributed by atoms with Gasteiger partial charge in [0.15, 0.2) is 5.16 Å². The number of esters is 1. The molecule has 7 heteroatoms. The maximum absolute atomic E-state index is 11.2. The summed E-state index contributed by atoms with van der Waals surface area (Å²) in [7, 11) is 0. The van der Waals surface area contributed by atoms with Crippen molar-refractivity contribution in [3.63, 3.8) is 0 Å². The van der Waals surface area contributed by atoms with Crippen molar-refractivity contribution in [2.75, 3.05) is 12.9 Å². The zero-order chi connectivity index (χ0) is 10.6. The van der Waals surface area contributed by atoms with Crippen LogP contribution >= 0.6 is 11.8 Å². The van der Waals surface area contributed by atoms with Crippen LogP contribution in [-0.4, -0.2) is 28.8 Å². The molecule has 0 unspecified atom stereocenters. The van der Waals surface area contributed by atoms with Gasteiger partial charge in [0.2, 0.25) is 0 Å². The molecule has 0 aromatic carbocycles. The second kappa shape index (κ2) is 7.05. The van der Waals surface area contributed by atoms with Gasteiger partial charge in [0.1, 0.15) is 0 Å². The normalized spacial score (nSPS) is 9.20. The maximum Gasteiger partial charge on any atom is 1.00 e. The quantitative estimate of drug-likeness (QED) is 0.249. The second-order valence-corrected chi connectivity index (χ2v) is 3.07. The third kappa shape index (κ3) is 3.98. The molecule has 1 rings (SSSR count). The summed E-state index contributed by atoms with van der Waals surface area (Å²) in [5.41, 5.74) is -0.121. The number of hydrogen-bond donors (Lipinski definition) is 0. The Hall–Kier alpha value is -0.300. The van der Waals surface area contributed by atoms with E-state index in [1.54, 1.807) is 13.2 Å². The predicted molar refractivity (Wildman–Crippen MR) is 49.2 cm³/mol. The first-order valence-corrected chi connectivity index (χ1v) is 5.16. The second-order valence-electron chi connectivity index (χ2n) is 2.30. The van der Waals surface area contributed by atoms with Crippen molar-refractivity contribution in [1.29, 1.82) is 0 Å². The number of rotatable bonds is 3. The van der Waals surface area contributed by atoms with Crippen LogP contribution in [0.15, 0.2) is 11.4 Å². The fraction of sp³-hybridized carbons (Fsp3) is 0.375. The minimum Gasteiger partial charge on any atom is -0.858 e. The van der Waals surface area contributed by atoms with Crippen molar-refractivity contribution in [3.8, 4) is 5.88 Å². The van der Waals surface area contributed by atoms with E-state index in [0.717, 1.165) is 0 Å². The summed E-state index contributed by atoms with van der Waals surface area (Å²) in [6.07, 6.45) is 2.94. The Morgan fingerprint density at radius 3 is 2.80 bits per heavy atom. The molecule has 15 heavy (non-hydrogen) atoms. The Morgan fingerprint density at radius 2 is 2.33 bits per heavy atom. The van der Waals surface area contributed by atoms with Crippen LogP contribution in [-0.2, 0) is 4.74 Å². The summed E-state index contributed by atoms with van der Waals surface area (Å²) in [6.45, 7) is 1.89. The number of aromatic nitrogens is 2. The predicted octanol–water partition coefficient (Wildman–Crippen LogP) is -2.55. The third-order valence-corrected chi connectivity index (χ3v) is 1.97. The number of hydrogen-bond acceptors (Lipinski definition) is 6. The smallest absolute Gasteiger partial charge is 0.858 e. The fourth-order valence-corrected chi connectivity index (χ4v) is 1.13. The molecule has 0 radical (unpaired) electrons. The molecular weight excluding hydrogens is 227 g/mol. The summed E-state index contributed by atoms with van der Waals surface area (Å²) in [6, 6.07) is 0. The van der Waals surface area contributed by atoms with E-state index < -0.39 is 11.8 Å². The van der Waals surface area contributed by atoms with Crippen LogP contribution in [0.1, 0.15) is 17.3 Å². The van der Waals surface area contributed by atoms with Gasteiger partial charge in [-0.05, 0) is 13.2 Å². The SMILES string of the molecule is CCOC(=O)c1cnc(SC)nc1[O-].[Na+]. The molecule has 0 aliphatic rings. The summed E-state index contributed by atoms with van der Waals surface area (Å²) >= 11 is 1.24. The van der Waals surface area contributed by atoms with Crippen molar-refractivity contribution in [3.05, 3.63) is 11.8 Å². The van der Waals surface area contributed by atoms with Crippen molar-refractivity contribution in [2.24, 2.45) is 0 Å². The summed E-state index contributed by atoms with van der Waals surface area (Å²) in [5.74, 6) is -1.27. The zero-order valence-corrected chi connectivity index (χ0v) is 11.6. The van der Waals surface area contributed by atoms with Gasteiger partial charge < -0.3 is 9.84 Å². The average Bonchev–Trinajstić information content (AvgIpc) is 2.17. The van der Waals surface area contributed by atoms with Crippen LogP contribution in [0.3, 0.4) is 0 Å². The Balaban J connectivity index is 0.00000196. The molecule has 1 aromatic heterocycles. The van der Waals surface area contributed by atoms with Crippen molar-refractivity contribution in [1.82, 2.24) is 9.97 Å². The van der Waals surface area contributed by atoms with Gasteiger partial charge in [-0.3, -0.25) is 0 Å². The Morgan fingerprint density at radius 1 is 1.67 bits per heavy atom. The zero-order valence-electron chi connectivity index (χ0n) is 8.81. The van der Waals surface area contributed by atoms with Crippen LogP contribution in [0.4, 0.5) is 0 Å². The third-order valence-electron chi connectivity index (χ3n) is 1.41. The maximum atomic E-state index is 11.2. The number of carbonyl (C=O) groups is 1. The molecular formula is C8H9N2NaO3S. The molecule has 5 nitrogen and oxygen atoms in total. The van der Waals surface area contributed by atoms with E-state index in [0.29, 0.717) is 5.16 Å². The summed E-state index contributed by atoms with van der Waals surface area (Å²) in [5, 5.41) is 11.6. The van der Waals surface area contributed by atoms with E-state index in [1.807, 2.05) is 0 Å². The van der Waals surface area contributed by atoms with Gasteiger partial charge in [-0.25, -0.2) is 14.8 Å². The van der Waals surface area contributed by atoms with Gasteiger partial charge in [0.25, 0.3) is 0 Å². The molecule has 0 aliphatic heterocycles. The van der Waals surface area contributed by atoms with Crippen LogP contribution < -0.4 is 34.7 Å². The van der Waals surface area contributed by atoms with E-state index in [2.05, 4.69) is 14.7 Å². The largest absolute Gasteiger partial charge is 1.00 e. The van der Waals surface area contributed by atoms with Crippen LogP contribution in [0, 0.1) is 0 Å². The van der Waals surface area contributed by atoms with Gasteiger partial charge in [-0.2, -0.15) is 0 Å². The van der Waals surface area contributed by atoms with Crippen molar-refractivity contribution < 1.29 is 44.2 Å². The minimum absolute atomic E-state index is 0. The van der Waals surface area contributed by atoms with Gasteiger partial charge in [0, 0.05) is 12.1 Å². The van der Waals surface area contributed by atoms with Gasteiger partial charge in [-0.1, -0.05) is 11.8 Å². The van der Waals surface area contributed by atoms with Crippen LogP contribution in [0.25, 0.3) is 0 Å². The number of carbonyl (C=O) groups excluding carboxylic acids is 1. The number of thioether (sulfide) groups is 1. The number of ether oxygens (including phenoxy) is 1. The minimum atomic E-state index is -0.676. The number of nitrogens with zero attached hydrogens (tertiary/aromatic N) is 2. The van der Waals surface area contributed by atoms with Gasteiger partial charge in [-0.15, -0.1) is 0 Å². The van der Waals surface area contributed by atoms with Crippen molar-refractivity contribution >= 4 is 17.7 Å². The molecule has 0 fully saturated rings. The molecule has 0 N–H and O–H groups in total.